The largest absolute Gasteiger partial charge is 0.389 e. The van der Waals surface area contributed by atoms with Gasteiger partial charge in [0, 0.05) is 16.4 Å². The van der Waals surface area contributed by atoms with Crippen molar-refractivity contribution < 1.29 is 5.11 Å². The van der Waals surface area contributed by atoms with Crippen LogP contribution in [-0.2, 0) is 7.05 Å². The zero-order valence-corrected chi connectivity index (χ0v) is 12.9. The topological polar surface area (TPSA) is 38.0 Å². The van der Waals surface area contributed by atoms with Crippen molar-refractivity contribution in [3.63, 3.8) is 0 Å². The van der Waals surface area contributed by atoms with Crippen molar-refractivity contribution in [2.75, 3.05) is 0 Å². The molecule has 96 valence electrons. The third-order valence-corrected chi connectivity index (χ3v) is 4.37. The molecule has 18 heavy (non-hydrogen) atoms. The molecular formula is C13H15BrN2OS. The zero-order chi connectivity index (χ0) is 13.3. The van der Waals surface area contributed by atoms with Gasteiger partial charge < -0.3 is 5.11 Å². The summed E-state index contributed by atoms with van der Waals surface area (Å²) in [5, 5.41) is 15.0. The predicted octanol–water partition coefficient (Wildman–Crippen LogP) is 3.70. The molecule has 3 nitrogen and oxygen atoms in total. The molecule has 0 saturated carbocycles. The molecule has 1 aromatic carbocycles. The van der Waals surface area contributed by atoms with E-state index in [0.29, 0.717) is 0 Å². The maximum Gasteiger partial charge on any atom is 0.0986 e. The number of aryl methyl sites for hydroxylation is 2. The summed E-state index contributed by atoms with van der Waals surface area (Å²) >= 11 is 5.15. The van der Waals surface area contributed by atoms with E-state index in [0.717, 1.165) is 25.7 Å². The van der Waals surface area contributed by atoms with E-state index in [2.05, 4.69) is 27.1 Å². The quantitative estimate of drug-likeness (QED) is 0.934. The van der Waals surface area contributed by atoms with Crippen molar-refractivity contribution in [1.82, 2.24) is 9.78 Å². The molecule has 0 aliphatic rings. The first-order valence-electron chi connectivity index (χ1n) is 5.63. The SMILES string of the molecule is Cc1cc(Sc2ccc([C@H](C)O)c(Br)c2)n(C)n1. The predicted molar refractivity (Wildman–Crippen MR) is 76.8 cm³/mol. The Morgan fingerprint density at radius 3 is 2.61 bits per heavy atom. The van der Waals surface area contributed by atoms with Gasteiger partial charge in [0.1, 0.15) is 0 Å². The Hall–Kier alpha value is -0.780. The standard InChI is InChI=1S/C13H15BrN2OS/c1-8-6-13(16(3)15-8)18-10-4-5-11(9(2)17)12(14)7-10/h4-7,9,17H,1-3H3/t9-/m0/s1. The second kappa shape index (κ2) is 5.47. The molecule has 1 aromatic heterocycles. The van der Waals surface area contributed by atoms with Crippen molar-refractivity contribution in [3.05, 3.63) is 40.0 Å². The molecule has 2 rings (SSSR count). The lowest BCUT2D eigenvalue weighted by Crippen LogP contribution is -1.94. The Morgan fingerprint density at radius 1 is 1.39 bits per heavy atom. The summed E-state index contributed by atoms with van der Waals surface area (Å²) in [6.07, 6.45) is -0.461. The molecule has 5 heteroatoms. The van der Waals surface area contributed by atoms with Crippen LogP contribution in [0, 0.1) is 6.92 Å². The van der Waals surface area contributed by atoms with Crippen molar-refractivity contribution >= 4 is 27.7 Å². The maximum atomic E-state index is 9.58. The fourth-order valence-corrected chi connectivity index (χ4v) is 3.53. The molecule has 0 spiro atoms. The van der Waals surface area contributed by atoms with Gasteiger partial charge in [-0.15, -0.1) is 0 Å². The highest BCUT2D eigenvalue weighted by atomic mass is 79.9. The van der Waals surface area contributed by atoms with E-state index in [-0.39, 0.29) is 0 Å². The average molecular weight is 327 g/mol. The van der Waals surface area contributed by atoms with Crippen LogP contribution in [-0.4, -0.2) is 14.9 Å². The molecule has 1 heterocycles. The molecule has 2 aromatic rings. The first-order chi connectivity index (χ1) is 8.47. The molecule has 1 N–H and O–H groups in total. The Balaban J connectivity index is 2.25. The second-order valence-corrected chi connectivity index (χ2v) is 6.16. The number of hydrogen-bond acceptors (Lipinski definition) is 3. The van der Waals surface area contributed by atoms with E-state index in [1.807, 2.05) is 36.9 Å². The van der Waals surface area contributed by atoms with Gasteiger partial charge in [0.2, 0.25) is 0 Å². The van der Waals surface area contributed by atoms with Crippen molar-refractivity contribution in [2.24, 2.45) is 7.05 Å². The Labute approximate surface area is 119 Å². The Morgan fingerprint density at radius 2 is 2.11 bits per heavy atom. The molecule has 0 amide bonds. The van der Waals surface area contributed by atoms with E-state index in [4.69, 9.17) is 0 Å². The minimum atomic E-state index is -0.461. The van der Waals surface area contributed by atoms with Gasteiger partial charge in [-0.3, -0.25) is 4.68 Å². The van der Waals surface area contributed by atoms with Gasteiger partial charge >= 0.3 is 0 Å². The van der Waals surface area contributed by atoms with E-state index in [1.165, 1.54) is 0 Å². The molecule has 0 aliphatic heterocycles. The number of aromatic nitrogens is 2. The zero-order valence-electron chi connectivity index (χ0n) is 10.5. The van der Waals surface area contributed by atoms with Crippen LogP contribution < -0.4 is 0 Å². The smallest absolute Gasteiger partial charge is 0.0986 e. The Bertz CT molecular complexity index is 566. The number of rotatable bonds is 3. The monoisotopic (exact) mass is 326 g/mol. The summed E-state index contributed by atoms with van der Waals surface area (Å²) in [5.74, 6) is 0. The minimum absolute atomic E-state index is 0.461. The number of hydrogen-bond donors (Lipinski definition) is 1. The first kappa shape index (κ1) is 13.6. The van der Waals surface area contributed by atoms with E-state index in [1.54, 1.807) is 18.7 Å². The van der Waals surface area contributed by atoms with Gasteiger partial charge in [0.25, 0.3) is 0 Å². The lowest BCUT2D eigenvalue weighted by atomic mass is 10.1. The Kier molecular flexibility index (Phi) is 4.14. The number of halogens is 1. The number of nitrogens with zero attached hydrogens (tertiary/aromatic N) is 2. The van der Waals surface area contributed by atoms with E-state index >= 15 is 0 Å². The second-order valence-electron chi connectivity index (χ2n) is 4.21. The highest BCUT2D eigenvalue weighted by Crippen LogP contribution is 2.32. The number of benzene rings is 1. The molecule has 0 radical (unpaired) electrons. The third kappa shape index (κ3) is 2.96. The van der Waals surface area contributed by atoms with Crippen LogP contribution in [0.1, 0.15) is 24.3 Å². The van der Waals surface area contributed by atoms with Crippen molar-refractivity contribution in [3.8, 4) is 0 Å². The number of aliphatic hydroxyl groups is 1. The van der Waals surface area contributed by atoms with Crippen LogP contribution in [0.15, 0.2) is 38.7 Å². The van der Waals surface area contributed by atoms with Crippen LogP contribution in [0.2, 0.25) is 0 Å². The van der Waals surface area contributed by atoms with Crippen LogP contribution in [0.5, 0.6) is 0 Å². The molecule has 0 saturated heterocycles. The highest BCUT2D eigenvalue weighted by Gasteiger charge is 2.09. The fraction of sp³-hybridized carbons (Fsp3) is 0.308. The average Bonchev–Trinajstić information content (AvgIpc) is 2.57. The molecule has 1 atom stereocenters. The van der Waals surface area contributed by atoms with E-state index in [9.17, 15) is 5.11 Å². The summed E-state index contributed by atoms with van der Waals surface area (Å²) in [5.41, 5.74) is 1.92. The highest BCUT2D eigenvalue weighted by molar-refractivity contribution is 9.10. The molecular weight excluding hydrogens is 312 g/mol. The van der Waals surface area contributed by atoms with Gasteiger partial charge in [-0.25, -0.2) is 0 Å². The van der Waals surface area contributed by atoms with E-state index < -0.39 is 6.10 Å². The maximum absolute atomic E-state index is 9.58. The normalized spacial score (nSPS) is 12.7. The van der Waals surface area contributed by atoms with Gasteiger partial charge in [0.15, 0.2) is 0 Å². The summed E-state index contributed by atoms with van der Waals surface area (Å²) in [7, 11) is 1.94. The molecule has 0 aliphatic carbocycles. The summed E-state index contributed by atoms with van der Waals surface area (Å²) in [4.78, 5) is 1.12. The molecule has 0 bridgehead atoms. The summed E-state index contributed by atoms with van der Waals surface area (Å²) < 4.78 is 2.80. The van der Waals surface area contributed by atoms with Gasteiger partial charge in [-0.2, -0.15) is 5.10 Å². The molecule has 0 unspecified atom stereocenters. The van der Waals surface area contributed by atoms with Gasteiger partial charge in [0.05, 0.1) is 16.8 Å². The first-order valence-corrected chi connectivity index (χ1v) is 7.24. The minimum Gasteiger partial charge on any atom is -0.389 e. The molecule has 0 fully saturated rings. The summed E-state index contributed by atoms with van der Waals surface area (Å²) in [6.45, 7) is 3.74. The van der Waals surface area contributed by atoms with Crippen LogP contribution >= 0.6 is 27.7 Å². The third-order valence-electron chi connectivity index (χ3n) is 2.60. The lowest BCUT2D eigenvalue weighted by molar-refractivity contribution is 0.198. The fourth-order valence-electron chi connectivity index (χ4n) is 1.71. The van der Waals surface area contributed by atoms with Crippen molar-refractivity contribution in [2.45, 2.75) is 29.9 Å². The van der Waals surface area contributed by atoms with Crippen LogP contribution in [0.4, 0.5) is 0 Å². The van der Waals surface area contributed by atoms with Gasteiger partial charge in [-0.1, -0.05) is 33.8 Å². The van der Waals surface area contributed by atoms with Gasteiger partial charge in [-0.05, 0) is 37.6 Å². The summed E-state index contributed by atoms with van der Waals surface area (Å²) in [6, 6.07) is 8.04. The van der Waals surface area contributed by atoms with Crippen molar-refractivity contribution in [1.29, 1.82) is 0 Å². The van der Waals surface area contributed by atoms with Crippen LogP contribution in [0.3, 0.4) is 0 Å². The lowest BCUT2D eigenvalue weighted by Gasteiger charge is -2.09. The number of aliphatic hydroxyl groups excluding tert-OH is 1. The van der Waals surface area contributed by atoms with Crippen LogP contribution in [0.25, 0.3) is 0 Å².